The number of allylic oxidation sites excluding steroid dienone is 4. The number of benzene rings is 1. The molecule has 1 aromatic rings. The highest BCUT2D eigenvalue weighted by Crippen LogP contribution is 2.71. The SMILES string of the molecule is CCOc1ccc(COC(=O)[C@@H]2[C@@]3(C)C[C@H](O)[C@@]4(F)[C@@H](C[C@H](F)C5=C(F)C(=O)C=C[C@@]54C)[C@@H]3C[C@]2(C)OC(=O)CC)cc1. The minimum absolute atomic E-state index is 0.00803. The summed E-state index contributed by atoms with van der Waals surface area (Å²) in [4.78, 5) is 38.6. The number of aliphatic hydroxyl groups is 1. The average Bonchev–Trinajstić information content (AvgIpc) is 3.18. The zero-order valence-electron chi connectivity index (χ0n) is 25.1. The van der Waals surface area contributed by atoms with Crippen molar-refractivity contribution in [2.75, 3.05) is 6.61 Å². The number of carbonyl (C=O) groups excluding carboxylic acids is 3. The molecule has 7 nitrogen and oxygen atoms in total. The van der Waals surface area contributed by atoms with Gasteiger partial charge >= 0.3 is 11.9 Å². The van der Waals surface area contributed by atoms with Gasteiger partial charge in [0.2, 0.25) is 5.78 Å². The molecule has 1 N–H and O–H groups in total. The molecule has 4 aliphatic rings. The molecule has 0 saturated heterocycles. The van der Waals surface area contributed by atoms with Crippen molar-refractivity contribution in [3.8, 4) is 5.75 Å². The normalized spacial score (nSPS) is 39.9. The predicted molar refractivity (Wildman–Crippen MR) is 150 cm³/mol. The Morgan fingerprint density at radius 1 is 1.07 bits per heavy atom. The molecule has 4 aliphatic carbocycles. The number of hydrogen-bond donors (Lipinski definition) is 1. The maximum Gasteiger partial charge on any atom is 0.313 e. The van der Waals surface area contributed by atoms with Gasteiger partial charge in [-0.05, 0) is 75.1 Å². The summed E-state index contributed by atoms with van der Waals surface area (Å²) in [5, 5.41) is 11.6. The van der Waals surface area contributed by atoms with Crippen molar-refractivity contribution in [3.05, 3.63) is 53.4 Å². The van der Waals surface area contributed by atoms with Crippen molar-refractivity contribution in [2.45, 2.75) is 90.5 Å². The Bertz CT molecular complexity index is 1370. The van der Waals surface area contributed by atoms with E-state index in [0.29, 0.717) is 17.9 Å². The Hall–Kier alpha value is -3.14. The molecular formula is C33H39F3O7. The van der Waals surface area contributed by atoms with E-state index in [4.69, 9.17) is 14.2 Å². The van der Waals surface area contributed by atoms with Crippen LogP contribution in [0.3, 0.4) is 0 Å². The Morgan fingerprint density at radius 3 is 2.37 bits per heavy atom. The van der Waals surface area contributed by atoms with Gasteiger partial charge in [0, 0.05) is 23.3 Å². The zero-order chi connectivity index (χ0) is 31.5. The van der Waals surface area contributed by atoms with Crippen LogP contribution < -0.4 is 4.74 Å². The van der Waals surface area contributed by atoms with E-state index < -0.39 is 87.7 Å². The summed E-state index contributed by atoms with van der Waals surface area (Å²) >= 11 is 0. The first kappa shape index (κ1) is 31.3. The Morgan fingerprint density at radius 2 is 1.74 bits per heavy atom. The topological polar surface area (TPSA) is 99.1 Å². The fourth-order valence-electron chi connectivity index (χ4n) is 8.68. The molecule has 234 valence electrons. The molecular weight excluding hydrogens is 565 g/mol. The van der Waals surface area contributed by atoms with E-state index in [-0.39, 0.29) is 25.9 Å². The highest BCUT2D eigenvalue weighted by molar-refractivity contribution is 6.04. The van der Waals surface area contributed by atoms with Crippen LogP contribution in [0.2, 0.25) is 0 Å². The summed E-state index contributed by atoms with van der Waals surface area (Å²) in [6, 6.07) is 7.01. The molecule has 3 fully saturated rings. The van der Waals surface area contributed by atoms with Crippen molar-refractivity contribution < 1.29 is 46.9 Å². The van der Waals surface area contributed by atoms with Crippen LogP contribution in [0, 0.1) is 28.6 Å². The minimum atomic E-state index is -2.56. The molecule has 9 atom stereocenters. The van der Waals surface area contributed by atoms with Gasteiger partial charge in [-0.1, -0.05) is 32.1 Å². The van der Waals surface area contributed by atoms with Gasteiger partial charge in [-0.25, -0.2) is 13.2 Å². The van der Waals surface area contributed by atoms with Crippen LogP contribution in [0.25, 0.3) is 0 Å². The second kappa shape index (κ2) is 10.8. The number of aliphatic hydroxyl groups excluding tert-OH is 1. The predicted octanol–water partition coefficient (Wildman–Crippen LogP) is 5.68. The van der Waals surface area contributed by atoms with Gasteiger partial charge in [-0.2, -0.15) is 0 Å². The third-order valence-corrected chi connectivity index (χ3v) is 10.5. The van der Waals surface area contributed by atoms with Gasteiger partial charge < -0.3 is 19.3 Å². The number of halogens is 3. The second-order valence-electron chi connectivity index (χ2n) is 13.0. The van der Waals surface area contributed by atoms with Crippen LogP contribution in [0.4, 0.5) is 13.2 Å². The van der Waals surface area contributed by atoms with E-state index in [9.17, 15) is 19.5 Å². The summed E-state index contributed by atoms with van der Waals surface area (Å²) in [6.07, 6.45) is -2.41. The van der Waals surface area contributed by atoms with Crippen LogP contribution in [-0.2, 0) is 30.5 Å². The number of ether oxygens (including phenoxy) is 3. The van der Waals surface area contributed by atoms with Crippen molar-refractivity contribution in [2.24, 2.45) is 28.6 Å². The molecule has 10 heteroatoms. The van der Waals surface area contributed by atoms with Crippen molar-refractivity contribution >= 4 is 17.7 Å². The standard InChI is InChI=1S/C33H39F3O7/c1-6-25(39)43-32(5)15-21-20-14-22(34)26-27(35)23(37)12-13-31(26,4)33(20,36)24(38)16-30(21,3)28(32)29(40)42-17-18-8-10-19(11-9-18)41-7-2/h8-13,20-22,24,28,38H,6-7,14-17H2,1-5H3/t20-,21-,22-,24-,28+,30-,31-,32-,33-/m0/s1. The molecule has 0 heterocycles. The van der Waals surface area contributed by atoms with Crippen LogP contribution >= 0.6 is 0 Å². The summed E-state index contributed by atoms with van der Waals surface area (Å²) in [5.41, 5.74) is -7.00. The lowest BCUT2D eigenvalue weighted by Crippen LogP contribution is -2.68. The van der Waals surface area contributed by atoms with E-state index >= 15 is 13.2 Å². The number of hydrogen-bond acceptors (Lipinski definition) is 7. The number of alkyl halides is 2. The molecule has 0 amide bonds. The minimum Gasteiger partial charge on any atom is -0.494 e. The van der Waals surface area contributed by atoms with Crippen molar-refractivity contribution in [3.63, 3.8) is 0 Å². The van der Waals surface area contributed by atoms with Gasteiger partial charge in [0.15, 0.2) is 11.5 Å². The highest BCUT2D eigenvalue weighted by Gasteiger charge is 2.76. The number of rotatable bonds is 7. The van der Waals surface area contributed by atoms with Gasteiger partial charge in [0.25, 0.3) is 0 Å². The molecule has 0 bridgehead atoms. The first-order valence-corrected chi connectivity index (χ1v) is 14.9. The quantitative estimate of drug-likeness (QED) is 0.400. The van der Waals surface area contributed by atoms with Gasteiger partial charge in [0.1, 0.15) is 30.0 Å². The van der Waals surface area contributed by atoms with E-state index in [1.54, 1.807) is 45.0 Å². The number of carbonyl (C=O) groups is 3. The van der Waals surface area contributed by atoms with Gasteiger partial charge in [-0.3, -0.25) is 14.4 Å². The largest absolute Gasteiger partial charge is 0.494 e. The third-order valence-electron chi connectivity index (χ3n) is 10.5. The second-order valence-corrected chi connectivity index (χ2v) is 13.0. The lowest BCUT2D eigenvalue weighted by molar-refractivity contribution is -0.207. The lowest BCUT2D eigenvalue weighted by atomic mass is 9.45. The zero-order valence-corrected chi connectivity index (χ0v) is 25.1. The van der Waals surface area contributed by atoms with Gasteiger partial charge in [-0.15, -0.1) is 0 Å². The lowest BCUT2D eigenvalue weighted by Gasteiger charge is -2.62. The Labute approximate surface area is 249 Å². The number of esters is 2. The smallest absolute Gasteiger partial charge is 0.313 e. The molecule has 1 aromatic carbocycles. The van der Waals surface area contributed by atoms with Crippen LogP contribution in [0.15, 0.2) is 47.8 Å². The average molecular weight is 605 g/mol. The first-order valence-electron chi connectivity index (χ1n) is 14.9. The Kier molecular flexibility index (Phi) is 7.85. The summed E-state index contributed by atoms with van der Waals surface area (Å²) in [6.45, 7) is 8.52. The monoisotopic (exact) mass is 604 g/mol. The van der Waals surface area contributed by atoms with Crippen LogP contribution in [0.5, 0.6) is 5.75 Å². The fourth-order valence-corrected chi connectivity index (χ4v) is 8.68. The van der Waals surface area contributed by atoms with Gasteiger partial charge in [0.05, 0.1) is 12.7 Å². The van der Waals surface area contributed by atoms with Crippen LogP contribution in [-0.4, -0.2) is 53.0 Å². The maximum atomic E-state index is 17.6. The molecule has 3 saturated carbocycles. The first-order chi connectivity index (χ1) is 20.2. The molecule has 5 rings (SSSR count). The molecule has 0 aliphatic heterocycles. The third kappa shape index (κ3) is 4.62. The van der Waals surface area contributed by atoms with E-state index in [1.807, 2.05) is 6.92 Å². The summed E-state index contributed by atoms with van der Waals surface area (Å²) < 4.78 is 65.5. The van der Waals surface area contributed by atoms with E-state index in [2.05, 4.69) is 0 Å². The molecule has 0 unspecified atom stereocenters. The summed E-state index contributed by atoms with van der Waals surface area (Å²) in [5.74, 6) is -6.00. The summed E-state index contributed by atoms with van der Waals surface area (Å²) in [7, 11) is 0. The molecule has 43 heavy (non-hydrogen) atoms. The van der Waals surface area contributed by atoms with Crippen molar-refractivity contribution in [1.82, 2.24) is 0 Å². The molecule has 0 aromatic heterocycles. The van der Waals surface area contributed by atoms with E-state index in [1.165, 1.54) is 6.92 Å². The highest BCUT2D eigenvalue weighted by atomic mass is 19.2. The van der Waals surface area contributed by atoms with Crippen molar-refractivity contribution in [1.29, 1.82) is 0 Å². The number of fused-ring (bicyclic) bond motifs is 5. The maximum absolute atomic E-state index is 17.6. The molecule has 0 spiro atoms. The van der Waals surface area contributed by atoms with Crippen LogP contribution in [0.1, 0.15) is 65.9 Å². The Balaban J connectivity index is 1.52. The molecule has 0 radical (unpaired) electrons. The van der Waals surface area contributed by atoms with E-state index in [0.717, 1.165) is 12.2 Å². The fraction of sp³-hybridized carbons (Fsp3) is 0.606. The number of ketones is 1.